The van der Waals surface area contributed by atoms with Gasteiger partial charge in [0.2, 0.25) is 0 Å². The summed E-state index contributed by atoms with van der Waals surface area (Å²) < 4.78 is 1.97. The summed E-state index contributed by atoms with van der Waals surface area (Å²) in [5.74, 6) is 1.46. The van der Waals surface area contributed by atoms with Crippen LogP contribution in [0.2, 0.25) is 0 Å². The lowest BCUT2D eigenvalue weighted by atomic mass is 10.1. The molecule has 55 heavy (non-hydrogen) atoms. The first-order valence-corrected chi connectivity index (χ1v) is 19.0. The van der Waals surface area contributed by atoms with Crippen LogP contribution in [0, 0.1) is 0 Å². The van der Waals surface area contributed by atoms with Crippen molar-refractivity contribution in [1.29, 1.82) is 0 Å². The molecule has 0 saturated carbocycles. The smallest absolute Gasteiger partial charge is 0.182 e. The molecule has 0 fully saturated rings. The van der Waals surface area contributed by atoms with E-state index in [0.29, 0.717) is 5.82 Å². The van der Waals surface area contributed by atoms with Gasteiger partial charge >= 0.3 is 0 Å². The van der Waals surface area contributed by atoms with Crippen LogP contribution in [-0.4, -0.2) is 27.9 Å². The topological polar surface area (TPSA) is 43.7 Å². The number of aromatic nitrogens is 3. The number of para-hydroxylation sites is 8. The van der Waals surface area contributed by atoms with Gasteiger partial charge in [0.05, 0.1) is 51.2 Å². The molecule has 266 valence electrons. The molecular weight excluding hydrogens is 675 g/mol. The Labute approximate surface area is 321 Å². The second kappa shape index (κ2) is 13.4. The van der Waals surface area contributed by atoms with Crippen molar-refractivity contribution in [3.8, 4) is 28.5 Å². The predicted octanol–water partition coefficient (Wildman–Crippen LogP) is 12.5. The molecule has 0 atom stereocenters. The third-order valence-corrected chi connectivity index (χ3v) is 10.7. The standard InChI is InChI=1S/C48H39N7/c1-3-51-39-18-8-12-22-43(39)53(44-23-13-9-19-40(44)51)36-28-26-34(27-29-36)47-49-48(35-16-6-5-7-17-35)55(50-47)38-32-30-37(31-33-38)54-45-24-14-10-20-41(45)52(4-2)42-21-11-15-25-46(42)54/h5-33H,3-4H2,1-2H3. The van der Waals surface area contributed by atoms with Gasteiger partial charge in [-0.05, 0) is 111 Å². The van der Waals surface area contributed by atoms with Gasteiger partial charge in [-0.2, -0.15) is 0 Å². The molecule has 0 aliphatic carbocycles. The van der Waals surface area contributed by atoms with Crippen LogP contribution >= 0.6 is 0 Å². The van der Waals surface area contributed by atoms with E-state index in [-0.39, 0.29) is 0 Å². The van der Waals surface area contributed by atoms with Gasteiger partial charge in [0, 0.05) is 35.6 Å². The third kappa shape index (κ3) is 5.35. The van der Waals surface area contributed by atoms with Crippen molar-refractivity contribution in [1.82, 2.24) is 14.8 Å². The van der Waals surface area contributed by atoms with Gasteiger partial charge in [0.1, 0.15) is 0 Å². The Balaban J connectivity index is 1.03. The van der Waals surface area contributed by atoms with E-state index < -0.39 is 0 Å². The van der Waals surface area contributed by atoms with Crippen molar-refractivity contribution in [2.24, 2.45) is 0 Å². The maximum atomic E-state index is 5.17. The molecule has 3 heterocycles. The van der Waals surface area contributed by atoms with Crippen molar-refractivity contribution in [3.63, 3.8) is 0 Å². The van der Waals surface area contributed by atoms with Crippen LogP contribution in [0.15, 0.2) is 176 Å². The molecule has 2 aliphatic heterocycles. The third-order valence-electron chi connectivity index (χ3n) is 10.7. The maximum absolute atomic E-state index is 5.17. The molecule has 7 aromatic carbocycles. The van der Waals surface area contributed by atoms with Crippen LogP contribution in [0.5, 0.6) is 0 Å². The summed E-state index contributed by atoms with van der Waals surface area (Å²) in [7, 11) is 0. The fraction of sp³-hybridized carbons (Fsp3) is 0.0833. The van der Waals surface area contributed by atoms with Crippen molar-refractivity contribution in [2.45, 2.75) is 13.8 Å². The Morgan fingerprint density at radius 1 is 0.364 bits per heavy atom. The van der Waals surface area contributed by atoms with E-state index in [9.17, 15) is 0 Å². The molecule has 1 aromatic heterocycles. The molecule has 10 rings (SSSR count). The SMILES string of the molecule is CCN1c2ccccc2N(c2ccc(-c3nc(-c4ccccc4)n(-c4ccc(N5c6ccccc6N(CC)c6ccccc65)cc4)n3)cc2)c2ccccc21. The minimum absolute atomic E-state index is 0.671. The monoisotopic (exact) mass is 713 g/mol. The van der Waals surface area contributed by atoms with E-state index in [1.54, 1.807) is 0 Å². The molecule has 0 saturated heterocycles. The van der Waals surface area contributed by atoms with E-state index >= 15 is 0 Å². The van der Waals surface area contributed by atoms with Gasteiger partial charge in [-0.1, -0.05) is 78.9 Å². The lowest BCUT2D eigenvalue weighted by Gasteiger charge is -2.39. The Bertz CT molecular complexity index is 2550. The van der Waals surface area contributed by atoms with Crippen molar-refractivity contribution in [3.05, 3.63) is 176 Å². The lowest BCUT2D eigenvalue weighted by molar-refractivity contribution is 0.890. The number of rotatable bonds is 7. The van der Waals surface area contributed by atoms with Crippen LogP contribution in [-0.2, 0) is 0 Å². The first-order valence-electron chi connectivity index (χ1n) is 19.0. The average molecular weight is 714 g/mol. The molecule has 7 heteroatoms. The minimum atomic E-state index is 0.671. The Morgan fingerprint density at radius 2 is 0.727 bits per heavy atom. The largest absolute Gasteiger partial charge is 0.338 e. The zero-order valence-corrected chi connectivity index (χ0v) is 30.8. The van der Waals surface area contributed by atoms with Crippen molar-refractivity contribution >= 4 is 56.9 Å². The molecule has 7 nitrogen and oxygen atoms in total. The highest BCUT2D eigenvalue weighted by Crippen LogP contribution is 2.52. The number of anilines is 10. The van der Waals surface area contributed by atoms with E-state index in [1.165, 1.54) is 22.7 Å². The second-order valence-electron chi connectivity index (χ2n) is 13.7. The lowest BCUT2D eigenvalue weighted by Crippen LogP contribution is -2.26. The van der Waals surface area contributed by atoms with Crippen LogP contribution < -0.4 is 19.6 Å². The first kappa shape index (κ1) is 32.5. The van der Waals surface area contributed by atoms with Crippen LogP contribution in [0.1, 0.15) is 13.8 Å². The molecule has 2 aliphatic rings. The number of nitrogens with zero attached hydrogens (tertiary/aromatic N) is 7. The second-order valence-corrected chi connectivity index (χ2v) is 13.7. The van der Waals surface area contributed by atoms with Crippen LogP contribution in [0.25, 0.3) is 28.5 Å². The number of hydrogen-bond donors (Lipinski definition) is 0. The molecule has 0 unspecified atom stereocenters. The normalized spacial score (nSPS) is 12.9. The maximum Gasteiger partial charge on any atom is 0.182 e. The minimum Gasteiger partial charge on any atom is -0.338 e. The zero-order valence-electron chi connectivity index (χ0n) is 30.8. The fourth-order valence-corrected chi connectivity index (χ4v) is 8.17. The van der Waals surface area contributed by atoms with E-state index in [4.69, 9.17) is 10.1 Å². The van der Waals surface area contributed by atoms with Gasteiger partial charge in [0.25, 0.3) is 0 Å². The summed E-state index contributed by atoms with van der Waals surface area (Å²) in [4.78, 5) is 14.6. The Morgan fingerprint density at radius 3 is 1.15 bits per heavy atom. The van der Waals surface area contributed by atoms with E-state index in [2.05, 4.69) is 191 Å². The molecule has 0 N–H and O–H groups in total. The van der Waals surface area contributed by atoms with Crippen LogP contribution in [0.3, 0.4) is 0 Å². The molecular formula is C48H39N7. The zero-order chi connectivity index (χ0) is 36.9. The quantitative estimate of drug-likeness (QED) is 0.164. The summed E-state index contributed by atoms with van der Waals surface area (Å²) in [6.45, 7) is 6.18. The number of benzene rings is 7. The highest BCUT2D eigenvalue weighted by atomic mass is 15.4. The van der Waals surface area contributed by atoms with E-state index in [1.807, 2.05) is 22.9 Å². The van der Waals surface area contributed by atoms with Gasteiger partial charge in [0.15, 0.2) is 11.6 Å². The molecule has 0 bridgehead atoms. The Kier molecular flexibility index (Phi) is 7.91. The number of hydrogen-bond acceptors (Lipinski definition) is 6. The molecule has 0 amide bonds. The summed E-state index contributed by atoms with van der Waals surface area (Å²) in [6, 6.07) is 62.1. The van der Waals surface area contributed by atoms with Gasteiger partial charge in [-0.25, -0.2) is 9.67 Å². The molecule has 0 spiro atoms. The average Bonchev–Trinajstić information content (AvgIpc) is 3.71. The van der Waals surface area contributed by atoms with Crippen LogP contribution in [0.4, 0.5) is 56.9 Å². The predicted molar refractivity (Wildman–Crippen MR) is 227 cm³/mol. The van der Waals surface area contributed by atoms with Crippen molar-refractivity contribution < 1.29 is 0 Å². The van der Waals surface area contributed by atoms with Gasteiger partial charge in [-0.3, -0.25) is 0 Å². The van der Waals surface area contributed by atoms with E-state index in [0.717, 1.165) is 69.9 Å². The first-order chi connectivity index (χ1) is 27.2. The fourth-order valence-electron chi connectivity index (χ4n) is 8.17. The highest BCUT2D eigenvalue weighted by molar-refractivity contribution is 5.99. The highest BCUT2D eigenvalue weighted by Gasteiger charge is 2.30. The summed E-state index contributed by atoms with van der Waals surface area (Å²) in [6.07, 6.45) is 0. The summed E-state index contributed by atoms with van der Waals surface area (Å²) in [5.41, 5.74) is 14.5. The summed E-state index contributed by atoms with van der Waals surface area (Å²) in [5, 5.41) is 5.16. The van der Waals surface area contributed by atoms with Gasteiger partial charge < -0.3 is 19.6 Å². The Hall–Kier alpha value is -7.12. The number of fused-ring (bicyclic) bond motifs is 4. The van der Waals surface area contributed by atoms with Crippen molar-refractivity contribution in [2.75, 3.05) is 32.7 Å². The molecule has 0 radical (unpaired) electrons. The van der Waals surface area contributed by atoms with Gasteiger partial charge in [-0.15, -0.1) is 5.10 Å². The molecule has 8 aromatic rings. The summed E-state index contributed by atoms with van der Waals surface area (Å²) >= 11 is 0.